The van der Waals surface area contributed by atoms with E-state index in [1.165, 1.54) is 10.5 Å². The van der Waals surface area contributed by atoms with E-state index < -0.39 is 5.60 Å². The molecule has 1 unspecified atom stereocenters. The summed E-state index contributed by atoms with van der Waals surface area (Å²) >= 11 is 1.70. The van der Waals surface area contributed by atoms with Crippen molar-refractivity contribution in [1.29, 1.82) is 0 Å². The lowest BCUT2D eigenvalue weighted by Crippen LogP contribution is -2.40. The van der Waals surface area contributed by atoms with Crippen molar-refractivity contribution in [1.82, 2.24) is 4.90 Å². The van der Waals surface area contributed by atoms with E-state index in [1.807, 2.05) is 76.2 Å². The minimum Gasteiger partial charge on any atom is -0.476 e. The molecule has 0 aliphatic carbocycles. The van der Waals surface area contributed by atoms with Crippen molar-refractivity contribution in [3.05, 3.63) is 95.1 Å². The summed E-state index contributed by atoms with van der Waals surface area (Å²) in [5.41, 5.74) is 3.24. The van der Waals surface area contributed by atoms with Gasteiger partial charge in [-0.25, -0.2) is 4.79 Å². The molecule has 1 aliphatic rings. The molecule has 0 bridgehead atoms. The number of ether oxygens (including phenoxy) is 2. The van der Waals surface area contributed by atoms with Gasteiger partial charge in [0.2, 0.25) is 0 Å². The molecule has 6 heteroatoms. The fourth-order valence-electron chi connectivity index (χ4n) is 4.58. The maximum absolute atomic E-state index is 12.6. The number of carbonyl (C=O) groups excluding carboxylic acids is 2. The average molecular weight is 578 g/mol. The maximum Gasteiger partial charge on any atom is 0.349 e. The number of hydrogen-bond acceptors (Lipinski definition) is 6. The topological polar surface area (TPSA) is 55.8 Å². The molecular weight excluding hydrogens is 530 g/mol. The molecule has 0 radical (unpaired) electrons. The van der Waals surface area contributed by atoms with E-state index in [9.17, 15) is 9.59 Å². The molecule has 0 aromatic heterocycles. The van der Waals surface area contributed by atoms with Crippen molar-refractivity contribution >= 4 is 23.5 Å². The minimum atomic E-state index is -0.965. The second-order valence-electron chi connectivity index (χ2n) is 10.4. The van der Waals surface area contributed by atoms with Gasteiger partial charge >= 0.3 is 5.97 Å². The van der Waals surface area contributed by atoms with Crippen molar-refractivity contribution in [2.24, 2.45) is 5.92 Å². The monoisotopic (exact) mass is 577 g/mol. The second kappa shape index (κ2) is 17.0. The van der Waals surface area contributed by atoms with Crippen LogP contribution in [0.5, 0.6) is 5.75 Å². The number of rotatable bonds is 9. The number of ketones is 1. The summed E-state index contributed by atoms with van der Waals surface area (Å²) in [5, 5.41) is 0. The largest absolute Gasteiger partial charge is 0.476 e. The van der Waals surface area contributed by atoms with Crippen molar-refractivity contribution < 1.29 is 19.1 Å². The predicted molar refractivity (Wildman–Crippen MR) is 171 cm³/mol. The molecule has 41 heavy (non-hydrogen) atoms. The number of likely N-dealkylation sites (tertiary alicyclic amines) is 1. The van der Waals surface area contributed by atoms with Gasteiger partial charge < -0.3 is 9.47 Å². The van der Waals surface area contributed by atoms with Gasteiger partial charge in [-0.1, -0.05) is 74.5 Å². The summed E-state index contributed by atoms with van der Waals surface area (Å²) in [6.45, 7) is 16.3. The van der Waals surface area contributed by atoms with Crippen molar-refractivity contribution in [2.75, 3.05) is 26.0 Å². The van der Waals surface area contributed by atoms with Gasteiger partial charge in [-0.2, -0.15) is 0 Å². The molecule has 1 aliphatic heterocycles. The fraction of sp³-hybridized carbons (Fsp3) is 0.429. The maximum atomic E-state index is 12.6. The number of thioether (sulfide) groups is 1. The third kappa shape index (κ3) is 10.4. The van der Waals surface area contributed by atoms with Gasteiger partial charge in [0.25, 0.3) is 0 Å². The van der Waals surface area contributed by atoms with Crippen molar-refractivity contribution in [3.63, 3.8) is 0 Å². The molecule has 1 fully saturated rings. The van der Waals surface area contributed by atoms with Gasteiger partial charge in [-0.15, -0.1) is 11.8 Å². The molecule has 222 valence electrons. The Labute approximate surface area is 251 Å². The summed E-state index contributed by atoms with van der Waals surface area (Å²) in [4.78, 5) is 27.9. The third-order valence-electron chi connectivity index (χ3n) is 6.80. The minimum absolute atomic E-state index is 0.142. The van der Waals surface area contributed by atoms with Crippen LogP contribution >= 0.6 is 11.8 Å². The van der Waals surface area contributed by atoms with Crippen LogP contribution in [0.4, 0.5) is 0 Å². The van der Waals surface area contributed by atoms with Crippen LogP contribution in [0, 0.1) is 19.8 Å². The number of hydrogen-bond donors (Lipinski definition) is 0. The molecule has 3 aromatic rings. The van der Waals surface area contributed by atoms with E-state index in [0.29, 0.717) is 12.4 Å². The van der Waals surface area contributed by atoms with E-state index >= 15 is 0 Å². The van der Waals surface area contributed by atoms with Gasteiger partial charge in [0, 0.05) is 29.5 Å². The van der Waals surface area contributed by atoms with E-state index in [-0.39, 0.29) is 11.9 Å². The zero-order valence-electron chi connectivity index (χ0n) is 26.0. The van der Waals surface area contributed by atoms with Crippen LogP contribution in [0.1, 0.15) is 68.1 Å². The highest BCUT2D eigenvalue weighted by Crippen LogP contribution is 2.27. The number of para-hydroxylation sites is 1. The zero-order chi connectivity index (χ0) is 30.4. The number of Topliss-reactive ketones (excluding diaryl/α,β-unsaturated/α-hetero) is 1. The number of nitrogens with zero attached hydrogens (tertiary/aromatic N) is 1. The SMILES string of the molecule is CC.CCOC(=O)C(C)(C)Oc1c(C)cccc1C.CSc1ccc(C(=O)C2CCN(Cc3ccccc3)C2)cc1. The molecule has 0 amide bonds. The Kier molecular flexibility index (Phi) is 14.1. The second-order valence-corrected chi connectivity index (χ2v) is 11.2. The molecule has 0 spiro atoms. The quantitative estimate of drug-likeness (QED) is 0.145. The van der Waals surface area contributed by atoms with E-state index in [4.69, 9.17) is 9.47 Å². The summed E-state index contributed by atoms with van der Waals surface area (Å²) in [6, 6.07) is 24.4. The number of aryl methyl sites for hydroxylation is 2. The van der Waals surface area contributed by atoms with E-state index in [1.54, 1.807) is 32.5 Å². The molecule has 4 rings (SSSR count). The van der Waals surface area contributed by atoms with Crippen LogP contribution in [0.15, 0.2) is 77.7 Å². The highest BCUT2D eigenvalue weighted by atomic mass is 32.2. The van der Waals surface area contributed by atoms with E-state index in [2.05, 4.69) is 35.4 Å². The molecule has 3 aromatic carbocycles. The lowest BCUT2D eigenvalue weighted by Gasteiger charge is -2.26. The number of carbonyl (C=O) groups is 2. The van der Waals surface area contributed by atoms with Crippen LogP contribution in [-0.4, -0.2) is 48.2 Å². The summed E-state index contributed by atoms with van der Waals surface area (Å²) < 4.78 is 10.8. The molecule has 0 N–H and O–H groups in total. The van der Waals surface area contributed by atoms with Crippen molar-refractivity contribution in [3.8, 4) is 5.75 Å². The Balaban J connectivity index is 0.000000280. The summed E-state index contributed by atoms with van der Waals surface area (Å²) in [5.74, 6) is 0.847. The summed E-state index contributed by atoms with van der Waals surface area (Å²) in [6.07, 6.45) is 3.02. The molecule has 1 atom stereocenters. The van der Waals surface area contributed by atoms with Gasteiger partial charge in [0.15, 0.2) is 11.4 Å². The van der Waals surface area contributed by atoms with Crippen LogP contribution < -0.4 is 4.74 Å². The number of benzene rings is 3. The van der Waals surface area contributed by atoms with Crippen LogP contribution in [0.2, 0.25) is 0 Å². The highest BCUT2D eigenvalue weighted by Gasteiger charge is 2.32. The first-order chi connectivity index (χ1) is 19.6. The van der Waals surface area contributed by atoms with Gasteiger partial charge in [0.1, 0.15) is 5.75 Å². The third-order valence-corrected chi connectivity index (χ3v) is 7.54. The van der Waals surface area contributed by atoms with Crippen LogP contribution in [0.25, 0.3) is 0 Å². The Bertz CT molecular complexity index is 1200. The first-order valence-corrected chi connectivity index (χ1v) is 15.7. The first-order valence-electron chi connectivity index (χ1n) is 14.5. The Morgan fingerprint density at radius 3 is 2.10 bits per heavy atom. The fourth-order valence-corrected chi connectivity index (χ4v) is 4.99. The van der Waals surface area contributed by atoms with Gasteiger partial charge in [-0.05, 0) is 82.7 Å². The normalized spacial score (nSPS) is 14.7. The molecular formula is C35H47NO4S. The molecule has 1 saturated heterocycles. The van der Waals surface area contributed by atoms with Gasteiger partial charge in [-0.3, -0.25) is 9.69 Å². The lowest BCUT2D eigenvalue weighted by atomic mass is 9.97. The van der Waals surface area contributed by atoms with E-state index in [0.717, 1.165) is 48.5 Å². The Hall–Kier alpha value is -3.09. The van der Waals surface area contributed by atoms with Gasteiger partial charge in [0.05, 0.1) is 6.61 Å². The molecule has 5 nitrogen and oxygen atoms in total. The number of esters is 1. The lowest BCUT2D eigenvalue weighted by molar-refractivity contribution is -0.158. The predicted octanol–water partition coefficient (Wildman–Crippen LogP) is 8.16. The molecule has 1 heterocycles. The standard InChI is InChI=1S/C19H21NOS.C14H20O3.C2H6/c1-22-18-9-7-16(8-10-18)19(21)17-11-12-20(14-17)13-15-5-3-2-4-6-15;1-6-16-13(15)14(4,5)17-12-10(2)8-7-9-11(12)3;1-2/h2-10,17H,11-14H2,1H3;7-9H,6H2,1-5H3;1-2H3. The highest BCUT2D eigenvalue weighted by molar-refractivity contribution is 7.98. The smallest absolute Gasteiger partial charge is 0.349 e. The molecule has 0 saturated carbocycles. The Morgan fingerprint density at radius 1 is 0.927 bits per heavy atom. The average Bonchev–Trinajstić information content (AvgIpc) is 3.45. The Morgan fingerprint density at radius 2 is 1.54 bits per heavy atom. The van der Waals surface area contributed by atoms with Crippen LogP contribution in [-0.2, 0) is 16.1 Å². The van der Waals surface area contributed by atoms with Crippen LogP contribution in [0.3, 0.4) is 0 Å². The zero-order valence-corrected chi connectivity index (χ0v) is 26.8. The van der Waals surface area contributed by atoms with Crippen molar-refractivity contribution in [2.45, 2.75) is 71.9 Å². The first kappa shape index (κ1) is 34.1. The summed E-state index contributed by atoms with van der Waals surface area (Å²) in [7, 11) is 0.